The molecule has 0 aromatic carbocycles. The fourth-order valence-corrected chi connectivity index (χ4v) is 4.04. The van der Waals surface area contributed by atoms with Crippen LogP contribution in [0.15, 0.2) is 18.6 Å². The molecule has 0 unspecified atom stereocenters. The summed E-state index contributed by atoms with van der Waals surface area (Å²) in [6.07, 6.45) is 11.6. The van der Waals surface area contributed by atoms with E-state index in [4.69, 9.17) is 0 Å². The Labute approximate surface area is 149 Å². The van der Waals surface area contributed by atoms with E-state index >= 15 is 0 Å². The van der Waals surface area contributed by atoms with Gasteiger partial charge in [-0.15, -0.1) is 10.2 Å². The van der Waals surface area contributed by atoms with Crippen LogP contribution in [0.5, 0.6) is 0 Å². The summed E-state index contributed by atoms with van der Waals surface area (Å²) in [6.45, 7) is 5.27. The second kappa shape index (κ2) is 7.47. The summed E-state index contributed by atoms with van der Waals surface area (Å²) < 4.78 is 2.22. The molecule has 0 amide bonds. The Morgan fingerprint density at radius 1 is 1.04 bits per heavy atom. The molecule has 2 saturated heterocycles. The van der Waals surface area contributed by atoms with Crippen molar-refractivity contribution in [2.24, 2.45) is 7.05 Å². The van der Waals surface area contributed by atoms with Gasteiger partial charge in [0.1, 0.15) is 17.5 Å². The summed E-state index contributed by atoms with van der Waals surface area (Å²) in [5, 5.41) is 9.06. The number of hydrogen-bond donors (Lipinski definition) is 0. The van der Waals surface area contributed by atoms with Crippen molar-refractivity contribution in [3.8, 4) is 0 Å². The summed E-state index contributed by atoms with van der Waals surface area (Å²) in [7, 11) is 2.12. The van der Waals surface area contributed by atoms with E-state index in [1.165, 1.54) is 32.4 Å². The fraction of sp³-hybridized carbons (Fsp3) is 0.667. The standard InChI is InChI=1S/C18H27N7/c1-23-17(14-24-9-3-2-4-10-24)21-22-18(23)15-6-5-11-25(13-15)16-12-19-7-8-20-16/h7-8,12,15H,2-6,9-11,13-14H2,1H3/t15-/m1/s1. The Balaban J connectivity index is 1.46. The van der Waals surface area contributed by atoms with Gasteiger partial charge < -0.3 is 9.47 Å². The van der Waals surface area contributed by atoms with Gasteiger partial charge in [-0.05, 0) is 38.8 Å². The molecule has 0 bridgehead atoms. The number of aromatic nitrogens is 5. The predicted molar refractivity (Wildman–Crippen MR) is 96.4 cm³/mol. The van der Waals surface area contributed by atoms with Gasteiger partial charge in [0, 0.05) is 38.4 Å². The summed E-state index contributed by atoms with van der Waals surface area (Å²) in [5.74, 6) is 3.57. The van der Waals surface area contributed by atoms with Crippen molar-refractivity contribution in [2.45, 2.75) is 44.6 Å². The van der Waals surface area contributed by atoms with E-state index in [1.54, 1.807) is 12.4 Å². The van der Waals surface area contributed by atoms with Crippen molar-refractivity contribution in [2.75, 3.05) is 31.1 Å². The average molecular weight is 341 g/mol. The van der Waals surface area contributed by atoms with Crippen LogP contribution in [0.4, 0.5) is 5.82 Å². The molecule has 25 heavy (non-hydrogen) atoms. The SMILES string of the molecule is Cn1c(CN2CCCCC2)nnc1[C@@H]1CCCN(c2cnccn2)C1. The highest BCUT2D eigenvalue weighted by Crippen LogP contribution is 2.28. The van der Waals surface area contributed by atoms with Crippen LogP contribution >= 0.6 is 0 Å². The molecule has 4 heterocycles. The van der Waals surface area contributed by atoms with Gasteiger partial charge in [0.2, 0.25) is 0 Å². The van der Waals surface area contributed by atoms with Gasteiger partial charge in [0.15, 0.2) is 0 Å². The molecule has 0 aliphatic carbocycles. The highest BCUT2D eigenvalue weighted by Gasteiger charge is 2.27. The normalized spacial score (nSPS) is 22.3. The lowest BCUT2D eigenvalue weighted by Crippen LogP contribution is -2.36. The lowest BCUT2D eigenvalue weighted by Gasteiger charge is -2.32. The quantitative estimate of drug-likeness (QED) is 0.847. The average Bonchev–Trinajstić information content (AvgIpc) is 3.04. The topological polar surface area (TPSA) is 63.0 Å². The third-order valence-corrected chi connectivity index (χ3v) is 5.47. The first-order chi connectivity index (χ1) is 12.3. The Morgan fingerprint density at radius 2 is 1.92 bits per heavy atom. The molecule has 2 aromatic heterocycles. The minimum Gasteiger partial charge on any atom is -0.355 e. The zero-order valence-corrected chi connectivity index (χ0v) is 15.0. The largest absolute Gasteiger partial charge is 0.355 e. The third kappa shape index (κ3) is 3.66. The molecule has 0 saturated carbocycles. The van der Waals surface area contributed by atoms with Crippen molar-refractivity contribution in [3.05, 3.63) is 30.2 Å². The fourth-order valence-electron chi connectivity index (χ4n) is 4.04. The molecule has 2 fully saturated rings. The van der Waals surface area contributed by atoms with Gasteiger partial charge in [-0.25, -0.2) is 4.98 Å². The molecular weight excluding hydrogens is 314 g/mol. The molecule has 2 aliphatic rings. The van der Waals surface area contributed by atoms with Crippen LogP contribution < -0.4 is 4.90 Å². The van der Waals surface area contributed by atoms with Crippen molar-refractivity contribution in [1.29, 1.82) is 0 Å². The van der Waals surface area contributed by atoms with Crippen LogP contribution in [0.1, 0.15) is 49.7 Å². The summed E-state index contributed by atoms with van der Waals surface area (Å²) >= 11 is 0. The minimum absolute atomic E-state index is 0.406. The van der Waals surface area contributed by atoms with Crippen LogP contribution in [-0.2, 0) is 13.6 Å². The number of piperidine rings is 2. The van der Waals surface area contributed by atoms with E-state index < -0.39 is 0 Å². The minimum atomic E-state index is 0.406. The first-order valence-electron chi connectivity index (χ1n) is 9.43. The van der Waals surface area contributed by atoms with Crippen LogP contribution in [0, 0.1) is 0 Å². The Bertz CT molecular complexity index is 678. The van der Waals surface area contributed by atoms with E-state index in [0.717, 1.165) is 49.9 Å². The molecule has 7 heteroatoms. The van der Waals surface area contributed by atoms with Crippen molar-refractivity contribution < 1.29 is 0 Å². The van der Waals surface area contributed by atoms with Crippen LogP contribution in [0.3, 0.4) is 0 Å². The van der Waals surface area contributed by atoms with Crippen molar-refractivity contribution in [1.82, 2.24) is 29.6 Å². The van der Waals surface area contributed by atoms with E-state index in [9.17, 15) is 0 Å². The van der Waals surface area contributed by atoms with Crippen molar-refractivity contribution in [3.63, 3.8) is 0 Å². The molecule has 134 valence electrons. The lowest BCUT2D eigenvalue weighted by molar-refractivity contribution is 0.213. The zero-order valence-electron chi connectivity index (χ0n) is 15.0. The Hall–Kier alpha value is -2.02. The van der Waals surface area contributed by atoms with E-state index in [1.807, 2.05) is 6.20 Å². The molecule has 4 rings (SSSR count). The molecule has 7 nitrogen and oxygen atoms in total. The highest BCUT2D eigenvalue weighted by molar-refractivity contribution is 5.36. The number of likely N-dealkylation sites (tertiary alicyclic amines) is 1. The van der Waals surface area contributed by atoms with Crippen LogP contribution in [-0.4, -0.2) is 55.8 Å². The smallest absolute Gasteiger partial charge is 0.147 e. The summed E-state index contributed by atoms with van der Waals surface area (Å²) in [6, 6.07) is 0. The van der Waals surface area contributed by atoms with Gasteiger partial charge in [0.05, 0.1) is 12.7 Å². The molecule has 0 N–H and O–H groups in total. The lowest BCUT2D eigenvalue weighted by atomic mass is 9.97. The second-order valence-electron chi connectivity index (χ2n) is 7.22. The Morgan fingerprint density at radius 3 is 2.72 bits per heavy atom. The third-order valence-electron chi connectivity index (χ3n) is 5.47. The van der Waals surface area contributed by atoms with Gasteiger partial charge >= 0.3 is 0 Å². The molecule has 2 aromatic rings. The first kappa shape index (κ1) is 16.4. The Kier molecular flexibility index (Phi) is 4.92. The zero-order chi connectivity index (χ0) is 17.1. The van der Waals surface area contributed by atoms with E-state index in [2.05, 4.69) is 41.6 Å². The molecule has 0 radical (unpaired) electrons. The predicted octanol–water partition coefficient (Wildman–Crippen LogP) is 1.97. The van der Waals surface area contributed by atoms with Gasteiger partial charge in [-0.1, -0.05) is 6.42 Å². The molecular formula is C18H27N7. The first-order valence-corrected chi connectivity index (χ1v) is 9.43. The summed E-state index contributed by atoms with van der Waals surface area (Å²) in [5.41, 5.74) is 0. The van der Waals surface area contributed by atoms with Crippen molar-refractivity contribution >= 4 is 5.82 Å². The maximum Gasteiger partial charge on any atom is 0.147 e. The van der Waals surface area contributed by atoms with E-state index in [-0.39, 0.29) is 0 Å². The molecule has 2 aliphatic heterocycles. The number of nitrogens with zero attached hydrogens (tertiary/aromatic N) is 7. The molecule has 0 spiro atoms. The number of rotatable bonds is 4. The van der Waals surface area contributed by atoms with Gasteiger partial charge in [-0.3, -0.25) is 9.88 Å². The summed E-state index contributed by atoms with van der Waals surface area (Å²) in [4.78, 5) is 13.5. The number of anilines is 1. The van der Waals surface area contributed by atoms with Crippen LogP contribution in [0.2, 0.25) is 0 Å². The van der Waals surface area contributed by atoms with Gasteiger partial charge in [-0.2, -0.15) is 0 Å². The monoisotopic (exact) mass is 341 g/mol. The highest BCUT2D eigenvalue weighted by atomic mass is 15.3. The molecule has 1 atom stereocenters. The van der Waals surface area contributed by atoms with Crippen LogP contribution in [0.25, 0.3) is 0 Å². The number of hydrogen-bond acceptors (Lipinski definition) is 6. The maximum absolute atomic E-state index is 4.56. The van der Waals surface area contributed by atoms with E-state index in [0.29, 0.717) is 5.92 Å². The maximum atomic E-state index is 4.56. The second-order valence-corrected chi connectivity index (χ2v) is 7.22. The van der Waals surface area contributed by atoms with Gasteiger partial charge in [0.25, 0.3) is 0 Å².